The van der Waals surface area contributed by atoms with Crippen LogP contribution in [0, 0.1) is 6.92 Å². The third-order valence-corrected chi connectivity index (χ3v) is 3.96. The standard InChI is InChI=1S/C20H18N2O3/c1-14-3-5-16(6-4-14)19(24)20-21-11-12-22(20)13-18(23)15-7-9-17(25-2)10-8-15/h3-12H,13H2,1-2H3. The average molecular weight is 334 g/mol. The Morgan fingerprint density at radius 2 is 1.64 bits per heavy atom. The molecule has 0 N–H and O–H groups in total. The molecule has 0 spiro atoms. The van der Waals surface area contributed by atoms with Crippen LogP contribution in [0.4, 0.5) is 0 Å². The van der Waals surface area contributed by atoms with E-state index >= 15 is 0 Å². The van der Waals surface area contributed by atoms with Crippen LogP contribution < -0.4 is 4.74 Å². The second kappa shape index (κ2) is 7.13. The summed E-state index contributed by atoms with van der Waals surface area (Å²) < 4.78 is 6.67. The lowest BCUT2D eigenvalue weighted by Gasteiger charge is -2.07. The number of ketones is 2. The Labute approximate surface area is 145 Å². The minimum atomic E-state index is -0.201. The van der Waals surface area contributed by atoms with E-state index in [-0.39, 0.29) is 23.9 Å². The van der Waals surface area contributed by atoms with Gasteiger partial charge in [-0.2, -0.15) is 0 Å². The fraction of sp³-hybridized carbons (Fsp3) is 0.150. The molecule has 0 aliphatic rings. The topological polar surface area (TPSA) is 61.2 Å². The van der Waals surface area contributed by atoms with Crippen molar-refractivity contribution in [1.29, 1.82) is 0 Å². The molecular weight excluding hydrogens is 316 g/mol. The van der Waals surface area contributed by atoms with Crippen molar-refractivity contribution >= 4 is 11.6 Å². The minimum absolute atomic E-state index is 0.0548. The molecule has 5 heteroatoms. The fourth-order valence-corrected chi connectivity index (χ4v) is 2.50. The van der Waals surface area contributed by atoms with E-state index in [0.29, 0.717) is 16.9 Å². The molecule has 0 aliphatic carbocycles. The molecule has 1 aromatic heterocycles. The number of methoxy groups -OCH3 is 1. The second-order valence-electron chi connectivity index (χ2n) is 5.73. The first-order valence-electron chi connectivity index (χ1n) is 7.88. The molecule has 0 saturated carbocycles. The van der Waals surface area contributed by atoms with E-state index in [4.69, 9.17) is 4.74 Å². The van der Waals surface area contributed by atoms with Crippen molar-refractivity contribution in [2.45, 2.75) is 13.5 Å². The number of carbonyl (C=O) groups is 2. The Morgan fingerprint density at radius 3 is 2.28 bits per heavy atom. The van der Waals surface area contributed by atoms with E-state index in [1.807, 2.05) is 19.1 Å². The van der Waals surface area contributed by atoms with E-state index in [0.717, 1.165) is 5.56 Å². The summed E-state index contributed by atoms with van der Waals surface area (Å²) in [6.07, 6.45) is 3.17. The number of hydrogen-bond acceptors (Lipinski definition) is 4. The van der Waals surface area contributed by atoms with Gasteiger partial charge < -0.3 is 9.30 Å². The Morgan fingerprint density at radius 1 is 1.00 bits per heavy atom. The van der Waals surface area contributed by atoms with Crippen molar-refractivity contribution in [3.05, 3.63) is 83.4 Å². The molecule has 1 heterocycles. The van der Waals surface area contributed by atoms with Gasteiger partial charge in [-0.25, -0.2) is 4.98 Å². The van der Waals surface area contributed by atoms with Crippen LogP contribution >= 0.6 is 0 Å². The smallest absolute Gasteiger partial charge is 0.228 e. The van der Waals surface area contributed by atoms with E-state index in [1.54, 1.807) is 54.3 Å². The summed E-state index contributed by atoms with van der Waals surface area (Å²) in [5.74, 6) is 0.645. The van der Waals surface area contributed by atoms with Crippen LogP contribution in [0.15, 0.2) is 60.9 Å². The summed E-state index contributed by atoms with van der Waals surface area (Å²) in [4.78, 5) is 29.2. The van der Waals surface area contributed by atoms with Crippen molar-refractivity contribution in [1.82, 2.24) is 9.55 Å². The lowest BCUT2D eigenvalue weighted by atomic mass is 10.1. The van der Waals surface area contributed by atoms with Crippen molar-refractivity contribution < 1.29 is 14.3 Å². The van der Waals surface area contributed by atoms with Crippen molar-refractivity contribution in [3.8, 4) is 5.75 Å². The first kappa shape index (κ1) is 16.6. The number of benzene rings is 2. The number of nitrogens with zero attached hydrogens (tertiary/aromatic N) is 2. The van der Waals surface area contributed by atoms with Crippen LogP contribution in [0.1, 0.15) is 32.1 Å². The van der Waals surface area contributed by atoms with Crippen molar-refractivity contribution in [3.63, 3.8) is 0 Å². The summed E-state index contributed by atoms with van der Waals surface area (Å²) in [5.41, 5.74) is 2.19. The third kappa shape index (κ3) is 3.66. The summed E-state index contributed by atoms with van der Waals surface area (Å²) in [5, 5.41) is 0. The van der Waals surface area contributed by atoms with Crippen molar-refractivity contribution in [2.75, 3.05) is 7.11 Å². The van der Waals surface area contributed by atoms with Gasteiger partial charge in [-0.1, -0.05) is 29.8 Å². The number of imidazole rings is 1. The highest BCUT2D eigenvalue weighted by Gasteiger charge is 2.17. The number of carbonyl (C=O) groups excluding carboxylic acids is 2. The monoisotopic (exact) mass is 334 g/mol. The maximum atomic E-state index is 12.6. The van der Waals surface area contributed by atoms with Gasteiger partial charge in [0.1, 0.15) is 5.75 Å². The Balaban J connectivity index is 1.80. The molecule has 0 radical (unpaired) electrons. The number of ether oxygens (including phenoxy) is 1. The maximum Gasteiger partial charge on any atom is 0.228 e. The van der Waals surface area contributed by atoms with E-state index < -0.39 is 0 Å². The highest BCUT2D eigenvalue weighted by atomic mass is 16.5. The predicted octanol–water partition coefficient (Wildman–Crippen LogP) is 3.31. The summed E-state index contributed by atoms with van der Waals surface area (Å²) >= 11 is 0. The van der Waals surface area contributed by atoms with Gasteiger partial charge in [0, 0.05) is 23.5 Å². The lowest BCUT2D eigenvalue weighted by Crippen LogP contribution is -2.16. The van der Waals surface area contributed by atoms with E-state index in [2.05, 4.69) is 4.98 Å². The molecule has 25 heavy (non-hydrogen) atoms. The van der Waals surface area contributed by atoms with Gasteiger partial charge in [0.05, 0.1) is 13.7 Å². The first-order chi connectivity index (χ1) is 12.1. The Hall–Kier alpha value is -3.21. The molecule has 0 aliphatic heterocycles. The predicted molar refractivity (Wildman–Crippen MR) is 94.2 cm³/mol. The number of hydrogen-bond donors (Lipinski definition) is 0. The molecule has 3 aromatic rings. The van der Waals surface area contributed by atoms with Crippen LogP contribution in [0.3, 0.4) is 0 Å². The van der Waals surface area contributed by atoms with Crippen LogP contribution in [0.5, 0.6) is 5.75 Å². The van der Waals surface area contributed by atoms with Crippen LogP contribution in [0.25, 0.3) is 0 Å². The highest BCUT2D eigenvalue weighted by Crippen LogP contribution is 2.14. The van der Waals surface area contributed by atoms with Gasteiger partial charge in [-0.3, -0.25) is 9.59 Å². The molecule has 0 bridgehead atoms. The van der Waals surface area contributed by atoms with Crippen molar-refractivity contribution in [2.24, 2.45) is 0 Å². The SMILES string of the molecule is COc1ccc(C(=O)Cn2ccnc2C(=O)c2ccc(C)cc2)cc1. The van der Waals surface area contributed by atoms with Crippen LogP contribution in [-0.2, 0) is 6.54 Å². The van der Waals surface area contributed by atoms with Gasteiger partial charge in [-0.05, 0) is 31.2 Å². The quantitative estimate of drug-likeness (QED) is 0.649. The molecular formula is C20H18N2O3. The largest absolute Gasteiger partial charge is 0.497 e. The number of Topliss-reactive ketones (excluding diaryl/α,β-unsaturated/α-hetero) is 1. The number of aromatic nitrogens is 2. The number of aryl methyl sites for hydroxylation is 1. The molecule has 0 unspecified atom stereocenters. The normalized spacial score (nSPS) is 10.5. The maximum absolute atomic E-state index is 12.6. The molecule has 126 valence electrons. The number of rotatable bonds is 6. The zero-order chi connectivity index (χ0) is 17.8. The average Bonchev–Trinajstić information content (AvgIpc) is 3.10. The lowest BCUT2D eigenvalue weighted by molar-refractivity contribution is 0.0967. The molecule has 5 nitrogen and oxygen atoms in total. The van der Waals surface area contributed by atoms with Gasteiger partial charge >= 0.3 is 0 Å². The van der Waals surface area contributed by atoms with Gasteiger partial charge in [-0.15, -0.1) is 0 Å². The zero-order valence-corrected chi connectivity index (χ0v) is 14.1. The molecule has 0 fully saturated rings. The summed E-state index contributed by atoms with van der Waals surface area (Å²) in [7, 11) is 1.57. The molecule has 0 amide bonds. The zero-order valence-electron chi connectivity index (χ0n) is 14.1. The van der Waals surface area contributed by atoms with Crippen LogP contribution in [-0.4, -0.2) is 28.2 Å². The van der Waals surface area contributed by atoms with Gasteiger partial charge in [0.15, 0.2) is 11.6 Å². The Kier molecular flexibility index (Phi) is 4.75. The van der Waals surface area contributed by atoms with E-state index in [1.165, 1.54) is 6.20 Å². The molecule has 0 atom stereocenters. The molecule has 2 aromatic carbocycles. The van der Waals surface area contributed by atoms with Crippen LogP contribution in [0.2, 0.25) is 0 Å². The molecule has 3 rings (SSSR count). The van der Waals surface area contributed by atoms with Gasteiger partial charge in [0.2, 0.25) is 5.78 Å². The first-order valence-corrected chi connectivity index (χ1v) is 7.88. The minimum Gasteiger partial charge on any atom is -0.497 e. The summed E-state index contributed by atoms with van der Waals surface area (Å²) in [6, 6.07) is 14.2. The molecule has 0 saturated heterocycles. The van der Waals surface area contributed by atoms with E-state index in [9.17, 15) is 9.59 Å². The second-order valence-corrected chi connectivity index (χ2v) is 5.73. The highest BCUT2D eigenvalue weighted by molar-refractivity contribution is 6.07. The van der Waals surface area contributed by atoms with Gasteiger partial charge in [0.25, 0.3) is 0 Å². The Bertz CT molecular complexity index is 893. The third-order valence-electron chi connectivity index (χ3n) is 3.96. The summed E-state index contributed by atoms with van der Waals surface area (Å²) in [6.45, 7) is 2.02. The fourth-order valence-electron chi connectivity index (χ4n) is 2.50.